The van der Waals surface area contributed by atoms with Crippen LogP contribution >= 0.6 is 15.6 Å². The number of hydrogen-bond acceptors (Lipinski definition) is 15. The lowest BCUT2D eigenvalue weighted by atomic mass is 10.00. The van der Waals surface area contributed by atoms with E-state index in [0.717, 1.165) is 102 Å². The lowest BCUT2D eigenvalue weighted by Crippen LogP contribution is -2.30. The fourth-order valence-corrected chi connectivity index (χ4v) is 12.9. The van der Waals surface area contributed by atoms with Gasteiger partial charge in [-0.05, 0) is 31.6 Å². The maximum atomic E-state index is 13.1. The predicted molar refractivity (Wildman–Crippen MR) is 377 cm³/mol. The minimum Gasteiger partial charge on any atom is -0.462 e. The number of phosphoric ester groups is 2. The second-order valence-electron chi connectivity index (χ2n) is 26.9. The van der Waals surface area contributed by atoms with Crippen LogP contribution in [0.4, 0.5) is 0 Å². The number of carbonyl (C=O) groups excluding carboxylic acids is 4. The van der Waals surface area contributed by atoms with E-state index in [1.807, 2.05) is 0 Å². The van der Waals surface area contributed by atoms with Crippen molar-refractivity contribution in [1.82, 2.24) is 0 Å². The summed E-state index contributed by atoms with van der Waals surface area (Å²) in [5.41, 5.74) is 0. The van der Waals surface area contributed by atoms with Crippen LogP contribution in [0.15, 0.2) is 0 Å². The number of aliphatic hydroxyl groups excluding tert-OH is 1. The van der Waals surface area contributed by atoms with Crippen molar-refractivity contribution in [3.63, 3.8) is 0 Å². The molecule has 0 spiro atoms. The second-order valence-corrected chi connectivity index (χ2v) is 29.8. The minimum atomic E-state index is -4.95. The van der Waals surface area contributed by atoms with E-state index in [1.165, 1.54) is 205 Å². The molecule has 0 amide bonds. The van der Waals surface area contributed by atoms with Crippen molar-refractivity contribution in [2.45, 2.75) is 406 Å². The number of esters is 4. The molecule has 19 heteroatoms. The van der Waals surface area contributed by atoms with Gasteiger partial charge >= 0.3 is 39.5 Å². The van der Waals surface area contributed by atoms with Crippen LogP contribution in [0, 0.1) is 5.92 Å². The number of hydrogen-bond donors (Lipinski definition) is 3. The average Bonchev–Trinajstić information content (AvgIpc) is 1.53. The molecule has 0 heterocycles. The molecule has 0 fully saturated rings. The third-order valence-corrected chi connectivity index (χ3v) is 19.5. The Morgan fingerprint density at radius 1 is 0.301 bits per heavy atom. The van der Waals surface area contributed by atoms with E-state index in [9.17, 15) is 43.2 Å². The smallest absolute Gasteiger partial charge is 0.462 e. The highest BCUT2D eigenvalue weighted by molar-refractivity contribution is 7.47. The Morgan fingerprint density at radius 3 is 0.763 bits per heavy atom. The van der Waals surface area contributed by atoms with Gasteiger partial charge in [0.05, 0.1) is 26.4 Å². The fourth-order valence-electron chi connectivity index (χ4n) is 11.3. The Balaban J connectivity index is 5.24. The number of carbonyl (C=O) groups is 4. The van der Waals surface area contributed by atoms with Gasteiger partial charge in [0.25, 0.3) is 0 Å². The van der Waals surface area contributed by atoms with Crippen molar-refractivity contribution in [1.29, 1.82) is 0 Å². The van der Waals surface area contributed by atoms with Gasteiger partial charge in [-0.3, -0.25) is 37.3 Å². The summed E-state index contributed by atoms with van der Waals surface area (Å²) in [5, 5.41) is 10.6. The van der Waals surface area contributed by atoms with Gasteiger partial charge in [-0.2, -0.15) is 0 Å². The van der Waals surface area contributed by atoms with E-state index >= 15 is 0 Å². The highest BCUT2D eigenvalue weighted by atomic mass is 31.2. The molecule has 0 radical (unpaired) electrons. The number of aliphatic hydroxyl groups is 1. The summed E-state index contributed by atoms with van der Waals surface area (Å²) in [6.07, 6.45) is 55.4. The largest absolute Gasteiger partial charge is 0.472 e. The number of ether oxygens (including phenoxy) is 4. The second kappa shape index (κ2) is 67.3. The van der Waals surface area contributed by atoms with Crippen molar-refractivity contribution < 1.29 is 80.2 Å². The maximum absolute atomic E-state index is 13.1. The first-order valence-electron chi connectivity index (χ1n) is 38.7. The molecule has 0 aromatic rings. The summed E-state index contributed by atoms with van der Waals surface area (Å²) < 4.78 is 68.4. The standard InChI is InChI=1S/C74H144O17P2/c1-6-10-13-16-19-22-25-27-29-30-32-34-37-40-43-50-55-60-74(79)90-69(63-84-71(76)57-52-47-41-38-36-33-31-28-26-23-20-17-14-11-7-2)65-88-92(80,81)86-61-68(75)62-87-93(82,83)89-66-70(64-85-72(77)58-53-48-45-44-46-51-56-67(5)9-4)91-73(78)59-54-49-42-39-35-24-21-18-15-12-8-3/h67-70,75H,6-66H2,1-5H3,(H,80,81)(H,82,83)/t67?,68-,69-,70-/m1/s1. The molecule has 0 rings (SSSR count). The van der Waals surface area contributed by atoms with Gasteiger partial charge in [0.2, 0.25) is 0 Å². The molecule has 0 saturated heterocycles. The summed E-state index contributed by atoms with van der Waals surface area (Å²) >= 11 is 0. The Hall–Kier alpha value is -1.94. The van der Waals surface area contributed by atoms with Crippen LogP contribution in [-0.4, -0.2) is 96.7 Å². The zero-order chi connectivity index (χ0) is 68.4. The third kappa shape index (κ3) is 67.0. The van der Waals surface area contributed by atoms with E-state index in [-0.39, 0.29) is 25.7 Å². The van der Waals surface area contributed by atoms with Gasteiger partial charge in [0.1, 0.15) is 19.3 Å². The normalized spacial score (nSPS) is 14.3. The van der Waals surface area contributed by atoms with Gasteiger partial charge in [-0.1, -0.05) is 336 Å². The molecular weight excluding hydrogens is 1220 g/mol. The Kier molecular flexibility index (Phi) is 65.9. The van der Waals surface area contributed by atoms with Crippen LogP contribution in [0.1, 0.15) is 388 Å². The van der Waals surface area contributed by atoms with Crippen molar-refractivity contribution >= 4 is 39.5 Å². The summed E-state index contributed by atoms with van der Waals surface area (Å²) in [6, 6.07) is 0. The molecule has 6 atom stereocenters. The average molecular weight is 1370 g/mol. The van der Waals surface area contributed by atoms with Gasteiger partial charge < -0.3 is 33.8 Å². The van der Waals surface area contributed by atoms with E-state index < -0.39 is 97.5 Å². The Bertz CT molecular complexity index is 1790. The van der Waals surface area contributed by atoms with Crippen molar-refractivity contribution in [2.24, 2.45) is 5.92 Å². The van der Waals surface area contributed by atoms with Gasteiger partial charge in [-0.25, -0.2) is 9.13 Å². The van der Waals surface area contributed by atoms with E-state index in [0.29, 0.717) is 25.7 Å². The first-order chi connectivity index (χ1) is 45.1. The molecule has 0 aliphatic rings. The van der Waals surface area contributed by atoms with Crippen molar-refractivity contribution in [2.75, 3.05) is 39.6 Å². The summed E-state index contributed by atoms with van der Waals surface area (Å²) in [6.45, 7) is 7.24. The molecule has 3 N–H and O–H groups in total. The van der Waals surface area contributed by atoms with Gasteiger partial charge in [-0.15, -0.1) is 0 Å². The molecule has 0 bridgehead atoms. The van der Waals surface area contributed by atoms with Gasteiger partial charge in [0, 0.05) is 25.7 Å². The highest BCUT2D eigenvalue weighted by Gasteiger charge is 2.30. The Morgan fingerprint density at radius 2 is 0.516 bits per heavy atom. The number of phosphoric acid groups is 2. The van der Waals surface area contributed by atoms with Crippen molar-refractivity contribution in [3.8, 4) is 0 Å². The first kappa shape index (κ1) is 91.1. The molecule has 0 saturated carbocycles. The molecule has 0 aliphatic heterocycles. The minimum absolute atomic E-state index is 0.106. The molecule has 0 aromatic heterocycles. The topological polar surface area (TPSA) is 237 Å². The van der Waals surface area contributed by atoms with Crippen LogP contribution in [0.5, 0.6) is 0 Å². The molecule has 17 nitrogen and oxygen atoms in total. The number of rotatable bonds is 74. The molecule has 552 valence electrons. The molecular formula is C74H144O17P2. The van der Waals surface area contributed by atoms with Crippen LogP contribution in [0.3, 0.4) is 0 Å². The Labute approximate surface area is 568 Å². The molecule has 0 aliphatic carbocycles. The fraction of sp³-hybridized carbons (Fsp3) is 0.946. The third-order valence-electron chi connectivity index (χ3n) is 17.6. The molecule has 93 heavy (non-hydrogen) atoms. The maximum Gasteiger partial charge on any atom is 0.472 e. The van der Waals surface area contributed by atoms with Crippen molar-refractivity contribution in [3.05, 3.63) is 0 Å². The molecule has 0 aromatic carbocycles. The zero-order valence-electron chi connectivity index (χ0n) is 60.4. The summed E-state index contributed by atoms with van der Waals surface area (Å²) in [4.78, 5) is 72.7. The quantitative estimate of drug-likeness (QED) is 0.0222. The zero-order valence-corrected chi connectivity index (χ0v) is 62.2. The van der Waals surface area contributed by atoms with Gasteiger partial charge in [0.15, 0.2) is 12.2 Å². The molecule has 3 unspecified atom stereocenters. The summed E-state index contributed by atoms with van der Waals surface area (Å²) in [5.74, 6) is -1.38. The van der Waals surface area contributed by atoms with Crippen LogP contribution < -0.4 is 0 Å². The van der Waals surface area contributed by atoms with E-state index in [1.54, 1.807) is 0 Å². The number of unbranched alkanes of at least 4 members (excludes halogenated alkanes) is 45. The van der Waals surface area contributed by atoms with Crippen LogP contribution in [-0.2, 0) is 65.4 Å². The van der Waals surface area contributed by atoms with E-state index in [4.69, 9.17) is 37.0 Å². The first-order valence-corrected chi connectivity index (χ1v) is 41.7. The highest BCUT2D eigenvalue weighted by Crippen LogP contribution is 2.45. The lowest BCUT2D eigenvalue weighted by Gasteiger charge is -2.21. The van der Waals surface area contributed by atoms with E-state index in [2.05, 4.69) is 34.6 Å². The SMILES string of the molecule is CCCCCCCCCCCCCCCCCCCC(=O)O[C@H](COC(=O)CCCCCCCCCCCCCCCCC)COP(=O)(O)OC[C@@H](O)COP(=O)(O)OC[C@@H](COC(=O)CCCCCCCCC(C)CC)OC(=O)CCCCCCCCCCCCC. The lowest BCUT2D eigenvalue weighted by molar-refractivity contribution is -0.161. The monoisotopic (exact) mass is 1370 g/mol. The summed E-state index contributed by atoms with van der Waals surface area (Å²) in [7, 11) is -9.90. The predicted octanol–water partition coefficient (Wildman–Crippen LogP) is 21.7. The van der Waals surface area contributed by atoms with Crippen LogP contribution in [0.25, 0.3) is 0 Å². The van der Waals surface area contributed by atoms with Crippen LogP contribution in [0.2, 0.25) is 0 Å².